The molecule has 1 aliphatic heterocycles. The molecule has 0 N–H and O–H groups in total. The fraction of sp³-hybridized carbons (Fsp3) is 0.100. The molecule has 0 radical (unpaired) electrons. The summed E-state index contributed by atoms with van der Waals surface area (Å²) in [5.74, 6) is 0.475. The number of hydrogen-bond acceptors (Lipinski definition) is 3. The second-order valence-corrected chi connectivity index (χ2v) is 2.57. The summed E-state index contributed by atoms with van der Waals surface area (Å²) in [4.78, 5) is 4.18. The molecular formula is C10H9NO2. The van der Waals surface area contributed by atoms with Gasteiger partial charge in [-0.15, -0.1) is 0 Å². The largest absolute Gasteiger partial charge is 0.468 e. The Labute approximate surface area is 76.3 Å². The quantitative estimate of drug-likeness (QED) is 0.654. The van der Waals surface area contributed by atoms with Crippen LogP contribution in [0.3, 0.4) is 0 Å². The van der Waals surface area contributed by atoms with Crippen LogP contribution in [0.2, 0.25) is 0 Å². The summed E-state index contributed by atoms with van der Waals surface area (Å²) < 4.78 is 10.1. The third kappa shape index (κ3) is 1.54. The summed E-state index contributed by atoms with van der Waals surface area (Å²) in [6.45, 7) is 0. The number of methoxy groups -OCH3 is 1. The van der Waals surface area contributed by atoms with E-state index in [0.29, 0.717) is 5.95 Å². The molecule has 0 spiro atoms. The molecule has 0 saturated heterocycles. The summed E-state index contributed by atoms with van der Waals surface area (Å²) in [5.41, 5.74) is 1.88. The van der Waals surface area contributed by atoms with Gasteiger partial charge in [0, 0.05) is 17.8 Å². The molecular weight excluding hydrogens is 166 g/mol. The van der Waals surface area contributed by atoms with Crippen molar-refractivity contribution >= 4 is 12.2 Å². The minimum Gasteiger partial charge on any atom is -0.468 e. The Balaban J connectivity index is 2.49. The van der Waals surface area contributed by atoms with Crippen molar-refractivity contribution in [3.63, 3.8) is 0 Å². The van der Waals surface area contributed by atoms with Crippen LogP contribution in [0, 0.1) is 0 Å². The molecule has 1 aromatic rings. The minimum absolute atomic E-state index is 0.475. The highest BCUT2D eigenvalue weighted by Crippen LogP contribution is 2.17. The van der Waals surface area contributed by atoms with Crippen molar-refractivity contribution in [3.05, 3.63) is 41.8 Å². The summed E-state index contributed by atoms with van der Waals surface area (Å²) in [6.07, 6.45) is 6.92. The van der Waals surface area contributed by atoms with E-state index in [-0.39, 0.29) is 0 Å². The molecule has 2 heterocycles. The lowest BCUT2D eigenvalue weighted by Gasteiger charge is -2.01. The number of hydrogen-bond donors (Lipinski definition) is 0. The fourth-order valence-corrected chi connectivity index (χ4v) is 1.12. The van der Waals surface area contributed by atoms with E-state index >= 15 is 0 Å². The third-order valence-electron chi connectivity index (χ3n) is 1.76. The van der Waals surface area contributed by atoms with E-state index in [1.165, 1.54) is 0 Å². The van der Waals surface area contributed by atoms with E-state index in [9.17, 15) is 0 Å². The number of rotatable bonds is 1. The number of fused-ring (bicyclic) bond motifs is 1. The van der Waals surface area contributed by atoms with Gasteiger partial charge in [0.25, 0.3) is 5.95 Å². The Kier molecular flexibility index (Phi) is 2.00. The molecule has 0 unspecified atom stereocenters. The van der Waals surface area contributed by atoms with E-state index in [1.807, 2.05) is 18.2 Å². The maximum Gasteiger partial charge on any atom is 0.284 e. The molecule has 3 heteroatoms. The topological polar surface area (TPSA) is 31.4 Å². The van der Waals surface area contributed by atoms with Gasteiger partial charge in [-0.2, -0.15) is 0 Å². The van der Waals surface area contributed by atoms with Crippen LogP contribution in [-0.4, -0.2) is 12.1 Å². The molecule has 0 atom stereocenters. The van der Waals surface area contributed by atoms with Crippen molar-refractivity contribution in [1.29, 1.82) is 0 Å². The van der Waals surface area contributed by atoms with Crippen molar-refractivity contribution in [1.82, 2.24) is 4.98 Å². The summed E-state index contributed by atoms with van der Waals surface area (Å²) in [7, 11) is 1.57. The summed E-state index contributed by atoms with van der Waals surface area (Å²) >= 11 is 0. The van der Waals surface area contributed by atoms with Gasteiger partial charge in [0.1, 0.15) is 0 Å². The van der Waals surface area contributed by atoms with Gasteiger partial charge in [-0.1, -0.05) is 6.07 Å². The summed E-state index contributed by atoms with van der Waals surface area (Å²) in [6, 6.07) is 3.84. The van der Waals surface area contributed by atoms with Gasteiger partial charge in [0.05, 0.1) is 19.1 Å². The smallest absolute Gasteiger partial charge is 0.284 e. The van der Waals surface area contributed by atoms with E-state index in [0.717, 1.165) is 11.3 Å². The van der Waals surface area contributed by atoms with Gasteiger partial charge in [0.2, 0.25) is 0 Å². The second-order valence-electron chi connectivity index (χ2n) is 2.57. The van der Waals surface area contributed by atoms with Crippen molar-refractivity contribution in [2.45, 2.75) is 0 Å². The van der Waals surface area contributed by atoms with Gasteiger partial charge in [-0.05, 0) is 12.1 Å². The van der Waals surface area contributed by atoms with Crippen LogP contribution in [0.15, 0.2) is 30.5 Å². The Morgan fingerprint density at radius 3 is 3.23 bits per heavy atom. The molecule has 0 aliphatic carbocycles. The predicted octanol–water partition coefficient (Wildman–Crippen LogP) is 2.03. The van der Waals surface area contributed by atoms with Crippen LogP contribution < -0.4 is 0 Å². The standard InChI is InChI=1S/C10H9NO2/c1-12-10-7-8-3-2-5-11-9(8)4-6-13-10/h2-7H,1H3. The lowest BCUT2D eigenvalue weighted by molar-refractivity contribution is 0.126. The maximum absolute atomic E-state index is 5.15. The lowest BCUT2D eigenvalue weighted by atomic mass is 10.2. The zero-order valence-electron chi connectivity index (χ0n) is 7.23. The monoisotopic (exact) mass is 175 g/mol. The average Bonchev–Trinajstić information content (AvgIpc) is 2.38. The van der Waals surface area contributed by atoms with E-state index < -0.39 is 0 Å². The van der Waals surface area contributed by atoms with Crippen molar-refractivity contribution in [3.8, 4) is 0 Å². The van der Waals surface area contributed by atoms with E-state index in [4.69, 9.17) is 9.47 Å². The van der Waals surface area contributed by atoms with E-state index in [1.54, 1.807) is 25.6 Å². The molecule has 1 aliphatic rings. The highest BCUT2D eigenvalue weighted by Gasteiger charge is 2.04. The average molecular weight is 175 g/mol. The van der Waals surface area contributed by atoms with Gasteiger partial charge in [0.15, 0.2) is 0 Å². The number of nitrogens with zero attached hydrogens (tertiary/aromatic N) is 1. The Hall–Kier alpha value is -1.77. The van der Waals surface area contributed by atoms with Crippen molar-refractivity contribution in [2.75, 3.05) is 7.11 Å². The molecule has 0 saturated carbocycles. The van der Waals surface area contributed by atoms with Crippen LogP contribution in [0.1, 0.15) is 11.3 Å². The van der Waals surface area contributed by atoms with Gasteiger partial charge in [-0.3, -0.25) is 4.98 Å². The number of pyridine rings is 1. The highest BCUT2D eigenvalue weighted by atomic mass is 16.7. The summed E-state index contributed by atoms with van der Waals surface area (Å²) in [5, 5.41) is 0. The molecule has 13 heavy (non-hydrogen) atoms. The Morgan fingerprint density at radius 2 is 2.38 bits per heavy atom. The normalized spacial score (nSPS) is 13.8. The van der Waals surface area contributed by atoms with Gasteiger partial charge >= 0.3 is 0 Å². The first-order valence-electron chi connectivity index (χ1n) is 3.94. The van der Waals surface area contributed by atoms with Crippen molar-refractivity contribution < 1.29 is 9.47 Å². The van der Waals surface area contributed by atoms with Gasteiger partial charge < -0.3 is 9.47 Å². The molecule has 66 valence electrons. The number of ether oxygens (including phenoxy) is 2. The van der Waals surface area contributed by atoms with Crippen molar-refractivity contribution in [2.24, 2.45) is 0 Å². The molecule has 0 amide bonds. The second kappa shape index (κ2) is 3.31. The van der Waals surface area contributed by atoms with Crippen LogP contribution >= 0.6 is 0 Å². The molecule has 1 aromatic heterocycles. The van der Waals surface area contributed by atoms with Crippen LogP contribution in [0.5, 0.6) is 0 Å². The zero-order valence-corrected chi connectivity index (χ0v) is 7.23. The third-order valence-corrected chi connectivity index (χ3v) is 1.76. The molecule has 3 nitrogen and oxygen atoms in total. The minimum atomic E-state index is 0.475. The van der Waals surface area contributed by atoms with Gasteiger partial charge in [-0.25, -0.2) is 0 Å². The molecule has 2 rings (SSSR count). The first kappa shape index (κ1) is 7.86. The van der Waals surface area contributed by atoms with E-state index in [2.05, 4.69) is 4.98 Å². The lowest BCUT2D eigenvalue weighted by Crippen LogP contribution is -1.87. The first-order chi connectivity index (χ1) is 6.40. The zero-order chi connectivity index (χ0) is 9.10. The Morgan fingerprint density at radius 1 is 1.46 bits per heavy atom. The maximum atomic E-state index is 5.15. The highest BCUT2D eigenvalue weighted by molar-refractivity contribution is 5.63. The van der Waals surface area contributed by atoms with Crippen LogP contribution in [-0.2, 0) is 9.47 Å². The van der Waals surface area contributed by atoms with Crippen LogP contribution in [0.25, 0.3) is 12.2 Å². The molecule has 0 bridgehead atoms. The molecule has 0 fully saturated rings. The fourth-order valence-electron chi connectivity index (χ4n) is 1.12. The first-order valence-corrected chi connectivity index (χ1v) is 3.94. The predicted molar refractivity (Wildman–Crippen MR) is 49.3 cm³/mol. The molecule has 0 aromatic carbocycles. The Bertz CT molecular complexity index is 369. The SMILES string of the molecule is COC1=Cc2cccnc2C=CO1. The number of aromatic nitrogens is 1. The van der Waals surface area contributed by atoms with Crippen LogP contribution in [0.4, 0.5) is 0 Å².